The standard InChI is InChI=1S/C14H15N5O/c1-2-13(18-14-15-5-6-16-14)19-12-4-3-10(9-20)7-11(12)8-17-19/h3-9,13H,2H2,1H3,(H2,15,16,18). The summed E-state index contributed by atoms with van der Waals surface area (Å²) >= 11 is 0. The molecule has 0 aliphatic carbocycles. The topological polar surface area (TPSA) is 75.6 Å². The fourth-order valence-corrected chi connectivity index (χ4v) is 2.23. The molecule has 1 aromatic carbocycles. The Labute approximate surface area is 115 Å². The molecule has 2 N–H and O–H groups in total. The summed E-state index contributed by atoms with van der Waals surface area (Å²) in [6.07, 6.45) is 6.94. The minimum Gasteiger partial charge on any atom is -0.334 e. The second kappa shape index (κ2) is 5.16. The molecule has 0 spiro atoms. The number of hydrogen-bond donors (Lipinski definition) is 2. The van der Waals surface area contributed by atoms with Gasteiger partial charge in [0.05, 0.1) is 11.7 Å². The molecule has 0 amide bonds. The normalized spacial score (nSPS) is 12.4. The van der Waals surface area contributed by atoms with Crippen LogP contribution in [0.25, 0.3) is 10.9 Å². The Hall–Kier alpha value is -2.63. The highest BCUT2D eigenvalue weighted by atomic mass is 16.1. The van der Waals surface area contributed by atoms with Gasteiger partial charge in [-0.2, -0.15) is 5.10 Å². The van der Waals surface area contributed by atoms with E-state index >= 15 is 0 Å². The summed E-state index contributed by atoms with van der Waals surface area (Å²) in [4.78, 5) is 18.0. The molecule has 1 unspecified atom stereocenters. The lowest BCUT2D eigenvalue weighted by Gasteiger charge is -2.18. The maximum Gasteiger partial charge on any atom is 0.201 e. The monoisotopic (exact) mass is 269 g/mol. The van der Waals surface area contributed by atoms with Crippen LogP contribution in [0, 0.1) is 0 Å². The number of rotatable bonds is 5. The van der Waals surface area contributed by atoms with E-state index in [0.29, 0.717) is 11.5 Å². The van der Waals surface area contributed by atoms with E-state index in [1.165, 1.54) is 0 Å². The number of nitrogens with zero attached hydrogens (tertiary/aromatic N) is 3. The van der Waals surface area contributed by atoms with E-state index in [0.717, 1.165) is 23.6 Å². The predicted octanol–water partition coefficient (Wildman–Crippen LogP) is 2.59. The molecule has 3 aromatic rings. The van der Waals surface area contributed by atoms with E-state index in [2.05, 4.69) is 27.3 Å². The highest BCUT2D eigenvalue weighted by Gasteiger charge is 2.13. The zero-order valence-corrected chi connectivity index (χ0v) is 11.1. The van der Waals surface area contributed by atoms with Crippen LogP contribution < -0.4 is 5.32 Å². The first-order valence-electron chi connectivity index (χ1n) is 6.50. The van der Waals surface area contributed by atoms with E-state index in [4.69, 9.17) is 0 Å². The SMILES string of the molecule is CCC(Nc1ncc[nH]1)n1ncc2cc(C=O)ccc21. The number of nitrogens with one attached hydrogen (secondary N) is 2. The highest BCUT2D eigenvalue weighted by molar-refractivity contribution is 5.86. The van der Waals surface area contributed by atoms with Crippen LogP contribution in [0.1, 0.15) is 29.9 Å². The molecule has 0 saturated carbocycles. The van der Waals surface area contributed by atoms with Crippen molar-refractivity contribution in [2.24, 2.45) is 0 Å². The van der Waals surface area contributed by atoms with E-state index in [9.17, 15) is 4.79 Å². The minimum absolute atomic E-state index is 0.000677. The number of imidazole rings is 1. The largest absolute Gasteiger partial charge is 0.334 e. The molecule has 0 aliphatic rings. The van der Waals surface area contributed by atoms with E-state index < -0.39 is 0 Å². The number of aromatic amines is 1. The van der Waals surface area contributed by atoms with Crippen LogP contribution in [-0.4, -0.2) is 26.0 Å². The van der Waals surface area contributed by atoms with Crippen molar-refractivity contribution in [3.05, 3.63) is 42.4 Å². The van der Waals surface area contributed by atoms with Crippen LogP contribution in [0.4, 0.5) is 5.95 Å². The second-order valence-electron chi connectivity index (χ2n) is 4.53. The molecule has 2 aromatic heterocycles. The molecule has 0 radical (unpaired) electrons. The molecular weight excluding hydrogens is 254 g/mol. The molecule has 6 heteroatoms. The Balaban J connectivity index is 1.97. The van der Waals surface area contributed by atoms with Crippen LogP contribution in [0.15, 0.2) is 36.8 Å². The quantitative estimate of drug-likeness (QED) is 0.698. The maximum absolute atomic E-state index is 10.8. The first kappa shape index (κ1) is 12.4. The first-order chi connectivity index (χ1) is 9.81. The lowest BCUT2D eigenvalue weighted by molar-refractivity contribution is 0.112. The summed E-state index contributed by atoms with van der Waals surface area (Å²) in [5.41, 5.74) is 1.64. The smallest absolute Gasteiger partial charge is 0.201 e. The van der Waals surface area contributed by atoms with Gasteiger partial charge in [0.2, 0.25) is 5.95 Å². The summed E-state index contributed by atoms with van der Waals surface area (Å²) in [5.74, 6) is 0.713. The first-order valence-corrected chi connectivity index (χ1v) is 6.50. The van der Waals surface area contributed by atoms with Crippen LogP contribution in [0.5, 0.6) is 0 Å². The van der Waals surface area contributed by atoms with Gasteiger partial charge in [0, 0.05) is 23.3 Å². The number of carbonyl (C=O) groups excluding carboxylic acids is 1. The molecule has 0 bridgehead atoms. The molecule has 0 aliphatic heterocycles. The zero-order chi connectivity index (χ0) is 13.9. The molecular formula is C14H15N5O. The molecule has 0 fully saturated rings. The third-order valence-electron chi connectivity index (χ3n) is 3.24. The highest BCUT2D eigenvalue weighted by Crippen LogP contribution is 2.21. The number of carbonyl (C=O) groups is 1. The van der Waals surface area contributed by atoms with Crippen LogP contribution in [0.3, 0.4) is 0 Å². The van der Waals surface area contributed by atoms with Gasteiger partial charge in [-0.1, -0.05) is 6.92 Å². The molecule has 20 heavy (non-hydrogen) atoms. The lowest BCUT2D eigenvalue weighted by Crippen LogP contribution is -2.19. The fourth-order valence-electron chi connectivity index (χ4n) is 2.23. The lowest BCUT2D eigenvalue weighted by atomic mass is 10.2. The third-order valence-corrected chi connectivity index (χ3v) is 3.24. The minimum atomic E-state index is 0.000677. The Morgan fingerprint density at radius 2 is 2.40 bits per heavy atom. The molecule has 6 nitrogen and oxygen atoms in total. The maximum atomic E-state index is 10.8. The van der Waals surface area contributed by atoms with Crippen molar-refractivity contribution >= 4 is 23.1 Å². The van der Waals surface area contributed by atoms with Crippen molar-refractivity contribution in [1.82, 2.24) is 19.7 Å². The molecule has 2 heterocycles. The average Bonchev–Trinajstić information content (AvgIpc) is 3.13. The number of benzene rings is 1. The third kappa shape index (κ3) is 2.16. The van der Waals surface area contributed by atoms with Gasteiger partial charge < -0.3 is 10.3 Å². The van der Waals surface area contributed by atoms with Gasteiger partial charge in [-0.15, -0.1) is 0 Å². The average molecular weight is 269 g/mol. The number of hydrogen-bond acceptors (Lipinski definition) is 4. The van der Waals surface area contributed by atoms with Gasteiger partial charge in [0.15, 0.2) is 0 Å². The van der Waals surface area contributed by atoms with Crippen molar-refractivity contribution in [3.63, 3.8) is 0 Å². The number of aldehydes is 1. The zero-order valence-electron chi connectivity index (χ0n) is 11.1. The summed E-state index contributed by atoms with van der Waals surface area (Å²) in [6, 6.07) is 5.55. The fraction of sp³-hybridized carbons (Fsp3) is 0.214. The summed E-state index contributed by atoms with van der Waals surface area (Å²) in [5, 5.41) is 8.67. The Morgan fingerprint density at radius 1 is 1.50 bits per heavy atom. The molecule has 3 rings (SSSR count). The van der Waals surface area contributed by atoms with Crippen molar-refractivity contribution in [2.45, 2.75) is 19.5 Å². The molecule has 0 saturated heterocycles. The van der Waals surface area contributed by atoms with Crippen LogP contribution in [0.2, 0.25) is 0 Å². The summed E-state index contributed by atoms with van der Waals surface area (Å²) in [7, 11) is 0. The van der Waals surface area contributed by atoms with Crippen molar-refractivity contribution in [3.8, 4) is 0 Å². The second-order valence-corrected chi connectivity index (χ2v) is 4.53. The van der Waals surface area contributed by atoms with Crippen LogP contribution >= 0.6 is 0 Å². The van der Waals surface area contributed by atoms with Gasteiger partial charge in [-0.25, -0.2) is 9.67 Å². The van der Waals surface area contributed by atoms with E-state index in [-0.39, 0.29) is 6.17 Å². The number of H-pyrrole nitrogens is 1. The predicted molar refractivity (Wildman–Crippen MR) is 76.7 cm³/mol. The van der Waals surface area contributed by atoms with Gasteiger partial charge in [0.1, 0.15) is 12.5 Å². The van der Waals surface area contributed by atoms with Crippen molar-refractivity contribution in [1.29, 1.82) is 0 Å². The number of fused-ring (bicyclic) bond motifs is 1. The van der Waals surface area contributed by atoms with Crippen molar-refractivity contribution in [2.75, 3.05) is 5.32 Å². The number of aromatic nitrogens is 4. The van der Waals surface area contributed by atoms with Gasteiger partial charge in [0.25, 0.3) is 0 Å². The summed E-state index contributed by atoms with van der Waals surface area (Å²) < 4.78 is 1.91. The van der Waals surface area contributed by atoms with E-state index in [1.54, 1.807) is 24.7 Å². The Morgan fingerprint density at radius 3 is 3.10 bits per heavy atom. The summed E-state index contributed by atoms with van der Waals surface area (Å²) in [6.45, 7) is 2.08. The van der Waals surface area contributed by atoms with Crippen molar-refractivity contribution < 1.29 is 4.79 Å². The molecule has 102 valence electrons. The van der Waals surface area contributed by atoms with Gasteiger partial charge in [-0.05, 0) is 24.6 Å². The Kier molecular flexibility index (Phi) is 3.20. The van der Waals surface area contributed by atoms with Gasteiger partial charge >= 0.3 is 0 Å². The molecule has 1 atom stereocenters. The van der Waals surface area contributed by atoms with Crippen LogP contribution in [-0.2, 0) is 0 Å². The Bertz CT molecular complexity index is 716. The van der Waals surface area contributed by atoms with Gasteiger partial charge in [-0.3, -0.25) is 4.79 Å². The number of anilines is 1. The van der Waals surface area contributed by atoms with E-state index in [1.807, 2.05) is 16.8 Å².